The van der Waals surface area contributed by atoms with E-state index in [1.807, 2.05) is 12.1 Å². The van der Waals surface area contributed by atoms with Crippen molar-refractivity contribution >= 4 is 22.9 Å². The summed E-state index contributed by atoms with van der Waals surface area (Å²) in [7, 11) is 4.84. The number of ether oxygens (including phenoxy) is 3. The van der Waals surface area contributed by atoms with Gasteiger partial charge >= 0.3 is 0 Å². The fourth-order valence-corrected chi connectivity index (χ4v) is 5.56. The van der Waals surface area contributed by atoms with Crippen LogP contribution in [0.15, 0.2) is 60.0 Å². The van der Waals surface area contributed by atoms with Crippen molar-refractivity contribution in [2.24, 2.45) is 0 Å². The summed E-state index contributed by atoms with van der Waals surface area (Å²) in [5, 5.41) is 5.32. The normalized spacial score (nSPS) is 15.8. The highest BCUT2D eigenvalue weighted by atomic mass is 32.1. The van der Waals surface area contributed by atoms with Crippen molar-refractivity contribution in [3.63, 3.8) is 0 Å². The number of hydrogen-bond donors (Lipinski definition) is 1. The first-order valence-electron chi connectivity index (χ1n) is 11.7. The molecule has 0 bridgehead atoms. The second kappa shape index (κ2) is 11.5. The first kappa shape index (κ1) is 24.9. The second-order valence-corrected chi connectivity index (χ2v) is 9.49. The molecule has 1 N–H and O–H groups in total. The topological polar surface area (TPSA) is 63.3 Å². The minimum Gasteiger partial charge on any atom is -0.497 e. The number of nitrogens with one attached hydrogen (secondary N) is 1. The predicted octanol–water partition coefficient (Wildman–Crippen LogP) is 4.46. The molecule has 2 aromatic carbocycles. The molecule has 1 saturated heterocycles. The molecule has 35 heavy (non-hydrogen) atoms. The Morgan fingerprint density at radius 2 is 1.63 bits per heavy atom. The summed E-state index contributed by atoms with van der Waals surface area (Å²) in [5.41, 5.74) is 1.75. The molecule has 2 unspecified atom stereocenters. The highest BCUT2D eigenvalue weighted by molar-refractivity contribution is 7.10. The number of benzene rings is 2. The van der Waals surface area contributed by atoms with Gasteiger partial charge in [0, 0.05) is 48.3 Å². The lowest BCUT2D eigenvalue weighted by Gasteiger charge is -2.42. The molecule has 8 heteroatoms. The molecule has 1 aliphatic rings. The minimum absolute atomic E-state index is 0.0817. The van der Waals surface area contributed by atoms with Gasteiger partial charge < -0.3 is 24.4 Å². The highest BCUT2D eigenvalue weighted by Gasteiger charge is 2.31. The molecule has 0 aliphatic carbocycles. The van der Waals surface area contributed by atoms with Crippen LogP contribution in [0, 0.1) is 0 Å². The quantitative estimate of drug-likeness (QED) is 0.473. The number of methoxy groups -OCH3 is 3. The number of nitrogens with zero attached hydrogens (tertiary/aromatic N) is 2. The molecule has 3 aromatic rings. The first-order chi connectivity index (χ1) is 17.0. The van der Waals surface area contributed by atoms with Crippen molar-refractivity contribution in [1.82, 2.24) is 10.2 Å². The number of hydrogen-bond acceptors (Lipinski definition) is 7. The van der Waals surface area contributed by atoms with E-state index in [9.17, 15) is 4.79 Å². The third-order valence-electron chi connectivity index (χ3n) is 6.46. The monoisotopic (exact) mass is 495 g/mol. The van der Waals surface area contributed by atoms with Gasteiger partial charge in [-0.2, -0.15) is 0 Å². The van der Waals surface area contributed by atoms with Gasteiger partial charge in [0.25, 0.3) is 5.91 Å². The fraction of sp³-hybridized carbons (Fsp3) is 0.370. The molecule has 2 atom stereocenters. The molecule has 186 valence electrons. The van der Waals surface area contributed by atoms with E-state index in [2.05, 4.69) is 51.7 Å². The highest BCUT2D eigenvalue weighted by Crippen LogP contribution is 2.31. The third kappa shape index (κ3) is 5.71. The van der Waals surface area contributed by atoms with Gasteiger partial charge in [-0.05, 0) is 60.8 Å². The Bertz CT molecular complexity index is 1100. The van der Waals surface area contributed by atoms with Crippen LogP contribution in [0.3, 0.4) is 0 Å². The molecule has 1 fully saturated rings. The van der Waals surface area contributed by atoms with E-state index in [-0.39, 0.29) is 18.0 Å². The van der Waals surface area contributed by atoms with Crippen LogP contribution >= 0.6 is 11.3 Å². The standard InChI is InChI=1S/C27H33N3O4S/c1-19(28-27(31)20-7-12-23(33-3)24(18-20)34-4)26(25-6-5-17-35-25)30-15-13-29(14-16-30)21-8-10-22(32-2)11-9-21/h5-12,17-19,26H,13-16H2,1-4H3,(H,28,31). The third-order valence-corrected chi connectivity index (χ3v) is 7.40. The van der Waals surface area contributed by atoms with Crippen LogP contribution in [-0.2, 0) is 0 Å². The van der Waals surface area contributed by atoms with Crippen molar-refractivity contribution < 1.29 is 19.0 Å². The van der Waals surface area contributed by atoms with Gasteiger partial charge in [0.2, 0.25) is 0 Å². The summed E-state index contributed by atoms with van der Waals surface area (Å²) in [6.07, 6.45) is 0. The maximum Gasteiger partial charge on any atom is 0.251 e. The van der Waals surface area contributed by atoms with Crippen molar-refractivity contribution in [2.75, 3.05) is 52.4 Å². The largest absolute Gasteiger partial charge is 0.497 e. The number of piperazine rings is 1. The van der Waals surface area contributed by atoms with Crippen molar-refractivity contribution in [3.8, 4) is 17.2 Å². The zero-order chi connectivity index (χ0) is 24.8. The van der Waals surface area contributed by atoms with Crippen LogP contribution in [-0.4, -0.2) is 64.4 Å². The summed E-state index contributed by atoms with van der Waals surface area (Å²) in [6, 6.07) is 17.7. The van der Waals surface area contributed by atoms with Gasteiger partial charge in [-0.1, -0.05) is 6.07 Å². The Kier molecular flexibility index (Phi) is 8.15. The van der Waals surface area contributed by atoms with Crippen LogP contribution in [0.4, 0.5) is 5.69 Å². The van der Waals surface area contributed by atoms with E-state index < -0.39 is 0 Å². The summed E-state index contributed by atoms with van der Waals surface area (Å²) in [5.74, 6) is 1.88. The van der Waals surface area contributed by atoms with Gasteiger partial charge in [0.1, 0.15) is 5.75 Å². The first-order valence-corrected chi connectivity index (χ1v) is 12.6. The summed E-state index contributed by atoms with van der Waals surface area (Å²) >= 11 is 1.73. The molecule has 1 aliphatic heterocycles. The molecule has 7 nitrogen and oxygen atoms in total. The molecule has 1 amide bonds. The predicted molar refractivity (Wildman–Crippen MR) is 140 cm³/mol. The zero-order valence-electron chi connectivity index (χ0n) is 20.7. The van der Waals surface area contributed by atoms with Crippen LogP contribution in [0.5, 0.6) is 17.2 Å². The Morgan fingerprint density at radius 3 is 2.23 bits per heavy atom. The van der Waals surface area contributed by atoms with Crippen LogP contribution in [0.1, 0.15) is 28.2 Å². The summed E-state index contributed by atoms with van der Waals surface area (Å²) in [4.78, 5) is 19.3. The van der Waals surface area contributed by atoms with Crippen molar-refractivity contribution in [2.45, 2.75) is 19.0 Å². The van der Waals surface area contributed by atoms with E-state index in [1.165, 1.54) is 10.6 Å². The number of rotatable bonds is 9. The number of amides is 1. The minimum atomic E-state index is -0.128. The van der Waals surface area contributed by atoms with Crippen molar-refractivity contribution in [1.29, 1.82) is 0 Å². The lowest BCUT2D eigenvalue weighted by Crippen LogP contribution is -2.52. The second-order valence-electron chi connectivity index (χ2n) is 8.51. The van der Waals surface area contributed by atoms with E-state index >= 15 is 0 Å². The number of carbonyl (C=O) groups excluding carboxylic acids is 1. The Hall–Kier alpha value is -3.23. The number of thiophene rings is 1. The van der Waals surface area contributed by atoms with Gasteiger partial charge in [0.15, 0.2) is 11.5 Å². The van der Waals surface area contributed by atoms with Crippen LogP contribution < -0.4 is 24.4 Å². The summed E-state index contributed by atoms with van der Waals surface area (Å²) < 4.78 is 16.0. The van der Waals surface area contributed by atoms with E-state index in [0.717, 1.165) is 31.9 Å². The molecular weight excluding hydrogens is 462 g/mol. The van der Waals surface area contributed by atoms with E-state index in [1.54, 1.807) is 50.9 Å². The molecule has 4 rings (SSSR count). The molecule has 0 radical (unpaired) electrons. The fourth-order valence-electron chi connectivity index (χ4n) is 4.60. The van der Waals surface area contributed by atoms with Crippen molar-refractivity contribution in [3.05, 3.63) is 70.4 Å². The molecule has 1 aromatic heterocycles. The Balaban J connectivity index is 1.45. The SMILES string of the molecule is COc1ccc(N2CCN(C(c3cccs3)C(C)NC(=O)c3ccc(OC)c(OC)c3)CC2)cc1. The molecular formula is C27H33N3O4S. The molecule has 2 heterocycles. The smallest absolute Gasteiger partial charge is 0.251 e. The van der Waals surface area contributed by atoms with Gasteiger partial charge in [-0.15, -0.1) is 11.3 Å². The van der Waals surface area contributed by atoms with E-state index in [0.29, 0.717) is 17.1 Å². The maximum absolute atomic E-state index is 13.1. The summed E-state index contributed by atoms with van der Waals surface area (Å²) in [6.45, 7) is 5.74. The molecule has 0 saturated carbocycles. The maximum atomic E-state index is 13.1. The lowest BCUT2D eigenvalue weighted by atomic mass is 10.0. The van der Waals surface area contributed by atoms with E-state index in [4.69, 9.17) is 14.2 Å². The van der Waals surface area contributed by atoms with Gasteiger partial charge in [0.05, 0.1) is 27.4 Å². The zero-order valence-corrected chi connectivity index (χ0v) is 21.5. The van der Waals surface area contributed by atoms with Crippen LogP contribution in [0.2, 0.25) is 0 Å². The van der Waals surface area contributed by atoms with Crippen LogP contribution in [0.25, 0.3) is 0 Å². The lowest BCUT2D eigenvalue weighted by molar-refractivity contribution is 0.0890. The number of carbonyl (C=O) groups is 1. The Labute approximate surface area is 211 Å². The average Bonchev–Trinajstić information content (AvgIpc) is 3.43. The number of anilines is 1. The average molecular weight is 496 g/mol. The van der Waals surface area contributed by atoms with Gasteiger partial charge in [-0.25, -0.2) is 0 Å². The molecule has 0 spiro atoms. The van der Waals surface area contributed by atoms with Gasteiger partial charge in [-0.3, -0.25) is 9.69 Å². The Morgan fingerprint density at radius 1 is 0.914 bits per heavy atom.